The molecule has 25 heavy (non-hydrogen) atoms. The minimum Gasteiger partial charge on any atom is -0.477 e. The van der Waals surface area contributed by atoms with Gasteiger partial charge in [-0.25, -0.2) is 4.79 Å². The van der Waals surface area contributed by atoms with Gasteiger partial charge in [-0.2, -0.15) is 65.9 Å². The highest BCUT2D eigenvalue weighted by Crippen LogP contribution is 2.71. The van der Waals surface area contributed by atoms with Crippen LogP contribution in [0, 0.1) is 5.41 Å². The molecule has 0 unspecified atom stereocenters. The smallest absolute Gasteiger partial charge is 0.454 e. The second-order valence-corrected chi connectivity index (χ2v) is 4.27. The summed E-state index contributed by atoms with van der Waals surface area (Å²) in [4.78, 5) is 10.0. The van der Waals surface area contributed by atoms with Gasteiger partial charge in [-0.05, 0) is 0 Å². The number of carboxylic acids is 1. The summed E-state index contributed by atoms with van der Waals surface area (Å²) < 4.78 is 189. The number of aliphatic carboxylic acids is 1. The van der Waals surface area contributed by atoms with Gasteiger partial charge >= 0.3 is 42.3 Å². The van der Waals surface area contributed by atoms with Crippen molar-refractivity contribution in [2.75, 3.05) is 0 Å². The Bertz CT molecular complexity index is 495. The van der Waals surface area contributed by atoms with Crippen LogP contribution in [-0.4, -0.2) is 47.4 Å². The first-order valence-electron chi connectivity index (χ1n) is 5.01. The van der Waals surface area contributed by atoms with E-state index in [-0.39, 0.29) is 0 Å². The molecule has 17 heteroatoms. The van der Waals surface area contributed by atoms with E-state index in [2.05, 4.69) is 0 Å². The average molecular weight is 414 g/mol. The first-order valence-corrected chi connectivity index (χ1v) is 5.01. The molecule has 0 aromatic heterocycles. The molecular formula is C8HF15O2. The van der Waals surface area contributed by atoms with Crippen LogP contribution in [0.3, 0.4) is 0 Å². The monoisotopic (exact) mass is 414 g/mol. The highest BCUT2D eigenvalue weighted by atomic mass is 19.4. The molecule has 0 aromatic rings. The van der Waals surface area contributed by atoms with Crippen LogP contribution in [0.1, 0.15) is 0 Å². The van der Waals surface area contributed by atoms with Crippen molar-refractivity contribution < 1.29 is 75.8 Å². The summed E-state index contributed by atoms with van der Waals surface area (Å²) in [6, 6.07) is 0. The molecule has 0 aliphatic heterocycles. The molecule has 1 N–H and O–H groups in total. The SMILES string of the molecule is O=C(O)C(F)(F)C(C(F)(F)F)(C(F)(F)C(F)(F)F)C(F)(F)C(F)(F)F. The van der Waals surface area contributed by atoms with Crippen LogP contribution in [0.15, 0.2) is 0 Å². The molecule has 150 valence electrons. The third-order valence-electron chi connectivity index (χ3n) is 2.82. The Labute approximate surface area is 125 Å². The number of hydrogen-bond acceptors (Lipinski definition) is 1. The molecule has 0 bridgehead atoms. The third-order valence-corrected chi connectivity index (χ3v) is 2.82. The van der Waals surface area contributed by atoms with Crippen LogP contribution in [0.25, 0.3) is 0 Å². The summed E-state index contributed by atoms with van der Waals surface area (Å²) in [7, 11) is 0. The second-order valence-electron chi connectivity index (χ2n) is 4.27. The molecule has 0 saturated heterocycles. The van der Waals surface area contributed by atoms with Crippen molar-refractivity contribution in [2.45, 2.75) is 36.3 Å². The quantitative estimate of drug-likeness (QED) is 0.681. The van der Waals surface area contributed by atoms with Crippen molar-refractivity contribution in [3.8, 4) is 0 Å². The van der Waals surface area contributed by atoms with Crippen LogP contribution >= 0.6 is 0 Å². The summed E-state index contributed by atoms with van der Waals surface area (Å²) in [6.07, 6.45) is -24.6. The predicted molar refractivity (Wildman–Crippen MR) is 43.1 cm³/mol. The molecule has 0 heterocycles. The summed E-state index contributed by atoms with van der Waals surface area (Å²) in [5.74, 6) is -29.9. The summed E-state index contributed by atoms with van der Waals surface area (Å²) in [6.45, 7) is 0. The molecule has 0 aliphatic rings. The van der Waals surface area contributed by atoms with E-state index < -0.39 is 47.7 Å². The Morgan fingerprint density at radius 1 is 0.520 bits per heavy atom. The topological polar surface area (TPSA) is 37.3 Å². The lowest BCUT2D eigenvalue weighted by atomic mass is 9.68. The predicted octanol–water partition coefficient (Wildman–Crippen LogP) is 4.65. The normalized spacial score (nSPS) is 16.1. The molecular weight excluding hydrogens is 413 g/mol. The van der Waals surface area contributed by atoms with E-state index in [0.29, 0.717) is 0 Å². The van der Waals surface area contributed by atoms with Crippen molar-refractivity contribution in [1.82, 2.24) is 0 Å². The third kappa shape index (κ3) is 2.74. The average Bonchev–Trinajstić information content (AvgIpc) is 2.21. The molecule has 0 spiro atoms. The molecule has 0 rings (SSSR count). The Morgan fingerprint density at radius 3 is 0.880 bits per heavy atom. The van der Waals surface area contributed by atoms with Crippen LogP contribution < -0.4 is 0 Å². The van der Waals surface area contributed by atoms with E-state index in [1.165, 1.54) is 0 Å². The van der Waals surface area contributed by atoms with Crippen molar-refractivity contribution >= 4 is 5.97 Å². The minimum absolute atomic E-state index is 4.72. The fourth-order valence-corrected chi connectivity index (χ4v) is 1.71. The van der Waals surface area contributed by atoms with Gasteiger partial charge in [0.1, 0.15) is 0 Å². The number of carboxylic acid groups (broad SMARTS) is 1. The van der Waals surface area contributed by atoms with Gasteiger partial charge in [-0.15, -0.1) is 0 Å². The zero-order chi connectivity index (χ0) is 21.1. The number of halogens is 15. The zero-order valence-corrected chi connectivity index (χ0v) is 10.5. The Hall–Kier alpha value is -1.58. The first-order chi connectivity index (χ1) is 10.4. The maximum absolute atomic E-state index is 13.1. The Morgan fingerprint density at radius 2 is 0.760 bits per heavy atom. The summed E-state index contributed by atoms with van der Waals surface area (Å²) in [5.41, 5.74) is -8.73. The van der Waals surface area contributed by atoms with Crippen molar-refractivity contribution in [3.05, 3.63) is 0 Å². The summed E-state index contributed by atoms with van der Waals surface area (Å²) >= 11 is 0. The maximum atomic E-state index is 13.1. The molecule has 0 aliphatic carbocycles. The van der Waals surface area contributed by atoms with Gasteiger partial charge in [-0.3, -0.25) is 0 Å². The zero-order valence-electron chi connectivity index (χ0n) is 10.5. The number of rotatable bonds is 4. The lowest BCUT2D eigenvalue weighted by molar-refractivity contribution is -0.495. The molecule has 0 aromatic carbocycles. The lowest BCUT2D eigenvalue weighted by Crippen LogP contribution is -2.78. The fourth-order valence-electron chi connectivity index (χ4n) is 1.71. The standard InChI is InChI=1S/C8HF15O2/c9-2(10,1(24)25)3(6(15,16)17,4(11,12)7(18,19)20)5(13,14)8(21,22)23/h(H,24,25). The molecule has 0 saturated carbocycles. The first kappa shape index (κ1) is 23.4. The van der Waals surface area contributed by atoms with Crippen LogP contribution in [0.4, 0.5) is 65.9 Å². The van der Waals surface area contributed by atoms with Crippen molar-refractivity contribution in [1.29, 1.82) is 0 Å². The number of carbonyl (C=O) groups is 1. The fraction of sp³-hybridized carbons (Fsp3) is 0.875. The number of alkyl halides is 15. The Balaban J connectivity index is 7.66. The van der Waals surface area contributed by atoms with Crippen LogP contribution in [0.5, 0.6) is 0 Å². The van der Waals surface area contributed by atoms with E-state index in [1.54, 1.807) is 0 Å². The highest BCUT2D eigenvalue weighted by molar-refractivity contribution is 5.77. The van der Waals surface area contributed by atoms with E-state index in [1.807, 2.05) is 0 Å². The van der Waals surface area contributed by atoms with Gasteiger partial charge in [0.2, 0.25) is 0 Å². The molecule has 0 amide bonds. The highest BCUT2D eigenvalue weighted by Gasteiger charge is 3.01. The van der Waals surface area contributed by atoms with E-state index in [9.17, 15) is 70.7 Å². The summed E-state index contributed by atoms with van der Waals surface area (Å²) in [5, 5.41) is 7.75. The van der Waals surface area contributed by atoms with Crippen molar-refractivity contribution in [2.24, 2.45) is 5.41 Å². The Kier molecular flexibility index (Phi) is 5.11. The second kappa shape index (κ2) is 5.46. The van der Waals surface area contributed by atoms with Gasteiger partial charge < -0.3 is 5.11 Å². The van der Waals surface area contributed by atoms with Gasteiger partial charge in [0.25, 0.3) is 5.41 Å². The van der Waals surface area contributed by atoms with Crippen LogP contribution in [0.2, 0.25) is 0 Å². The van der Waals surface area contributed by atoms with Gasteiger partial charge in [0.05, 0.1) is 0 Å². The van der Waals surface area contributed by atoms with Gasteiger partial charge in [0, 0.05) is 0 Å². The van der Waals surface area contributed by atoms with Crippen molar-refractivity contribution in [3.63, 3.8) is 0 Å². The largest absolute Gasteiger partial charge is 0.477 e. The van der Waals surface area contributed by atoms with Crippen LogP contribution in [-0.2, 0) is 4.79 Å². The van der Waals surface area contributed by atoms with Gasteiger partial charge in [0.15, 0.2) is 0 Å². The molecule has 0 fully saturated rings. The van der Waals surface area contributed by atoms with Gasteiger partial charge in [-0.1, -0.05) is 0 Å². The molecule has 0 radical (unpaired) electrons. The minimum atomic E-state index is -8.73. The molecule has 2 nitrogen and oxygen atoms in total. The van der Waals surface area contributed by atoms with E-state index in [4.69, 9.17) is 5.11 Å². The van der Waals surface area contributed by atoms with E-state index >= 15 is 0 Å². The molecule has 0 atom stereocenters. The number of hydrogen-bond donors (Lipinski definition) is 1. The maximum Gasteiger partial charge on any atom is 0.454 e. The van der Waals surface area contributed by atoms with E-state index in [0.717, 1.165) is 0 Å². The lowest BCUT2D eigenvalue weighted by Gasteiger charge is -2.48.